The third-order valence-electron chi connectivity index (χ3n) is 2.83. The van der Waals surface area contributed by atoms with E-state index in [1.54, 1.807) is 12.3 Å². The lowest BCUT2D eigenvalue weighted by molar-refractivity contribution is 0.109. The van der Waals surface area contributed by atoms with Crippen LogP contribution in [0.15, 0.2) is 42.5 Å². The minimum Gasteiger partial charge on any atom is -0.282 e. The predicted molar refractivity (Wildman–Crippen MR) is 92.7 cm³/mol. The molecule has 0 saturated carbocycles. The van der Waals surface area contributed by atoms with Gasteiger partial charge >= 0.3 is 0 Å². The Hall–Kier alpha value is -1.90. The Kier molecular flexibility index (Phi) is 4.71. The van der Waals surface area contributed by atoms with Crippen molar-refractivity contribution in [3.05, 3.63) is 48.0 Å². The quantitative estimate of drug-likeness (QED) is 0.521. The molecule has 110 valence electrons. The normalized spacial score (nSPS) is 10.4. The predicted octanol–water partition coefficient (Wildman–Crippen LogP) is 3.89. The lowest BCUT2D eigenvalue weighted by Crippen LogP contribution is -1.91. The van der Waals surface area contributed by atoms with Gasteiger partial charge in [0.05, 0.1) is 9.40 Å². The second-order valence-electron chi connectivity index (χ2n) is 4.16. The average Bonchev–Trinajstić information content (AvgIpc) is 3.22. The molecule has 0 radical (unpaired) electrons. The van der Waals surface area contributed by atoms with Crippen LogP contribution >= 0.6 is 34.8 Å². The van der Waals surface area contributed by atoms with Gasteiger partial charge in [0.25, 0.3) is 0 Å². The Morgan fingerprint density at radius 1 is 0.955 bits per heavy atom. The second-order valence-corrected chi connectivity index (χ2v) is 6.48. The summed E-state index contributed by atoms with van der Waals surface area (Å²) in [5.41, 5.74) is 2.49. The molecule has 2 aromatic heterocycles. The van der Waals surface area contributed by atoms with Gasteiger partial charge in [-0.05, 0) is 53.6 Å². The van der Waals surface area contributed by atoms with Gasteiger partial charge in [-0.1, -0.05) is 38.9 Å². The Balaban J connectivity index is 0.000000139. The smallest absolute Gasteiger partial charge is 0.220 e. The van der Waals surface area contributed by atoms with E-state index >= 15 is 0 Å². The molecule has 0 amide bonds. The molecule has 0 spiro atoms. The summed E-state index contributed by atoms with van der Waals surface area (Å²) in [6.45, 7) is 0. The molecule has 0 unspecified atom stereocenters. The molecule has 8 heteroatoms. The number of aromatic nitrogens is 4. The van der Waals surface area contributed by atoms with E-state index in [1.165, 1.54) is 34.8 Å². The standard InChI is InChI=1S/C8H6N2OS2.C6H4N2S/c1-12-8(11)5-3-2-4-6-7(5)13-10-9-6;1-2-4-6-5(3-1)7-8-9-6/h2-4H,1H3;1-4H. The number of hydrogen-bond donors (Lipinski definition) is 0. The summed E-state index contributed by atoms with van der Waals surface area (Å²) in [5.74, 6) is 0. The summed E-state index contributed by atoms with van der Waals surface area (Å²) in [6.07, 6.45) is 1.77. The van der Waals surface area contributed by atoms with Gasteiger partial charge in [-0.3, -0.25) is 4.79 Å². The van der Waals surface area contributed by atoms with Crippen LogP contribution in [0.2, 0.25) is 0 Å². The molecule has 4 rings (SSSR count). The van der Waals surface area contributed by atoms with Gasteiger partial charge in [0.15, 0.2) is 0 Å². The highest BCUT2D eigenvalue weighted by molar-refractivity contribution is 8.13. The number of thioether (sulfide) groups is 1. The van der Waals surface area contributed by atoms with Crippen molar-refractivity contribution in [1.82, 2.24) is 19.2 Å². The highest BCUT2D eigenvalue weighted by Crippen LogP contribution is 2.23. The van der Waals surface area contributed by atoms with E-state index in [0.717, 1.165) is 20.4 Å². The summed E-state index contributed by atoms with van der Waals surface area (Å²) in [5, 5.41) is 7.86. The Morgan fingerprint density at radius 3 is 2.50 bits per heavy atom. The van der Waals surface area contributed by atoms with Crippen molar-refractivity contribution in [2.24, 2.45) is 0 Å². The lowest BCUT2D eigenvalue weighted by Gasteiger charge is -1.95. The minimum absolute atomic E-state index is 0.0663. The molecule has 0 aliphatic rings. The molecule has 0 N–H and O–H groups in total. The van der Waals surface area contributed by atoms with Crippen LogP contribution in [0.5, 0.6) is 0 Å². The lowest BCUT2D eigenvalue weighted by atomic mass is 10.2. The second kappa shape index (κ2) is 6.91. The van der Waals surface area contributed by atoms with Crippen LogP contribution in [0.25, 0.3) is 20.4 Å². The molecule has 2 aromatic carbocycles. The van der Waals surface area contributed by atoms with Crippen molar-refractivity contribution in [3.63, 3.8) is 0 Å². The van der Waals surface area contributed by atoms with E-state index in [9.17, 15) is 4.79 Å². The first-order valence-corrected chi connectivity index (χ1v) is 9.03. The van der Waals surface area contributed by atoms with Gasteiger partial charge < -0.3 is 0 Å². The monoisotopic (exact) mass is 346 g/mol. The van der Waals surface area contributed by atoms with E-state index < -0.39 is 0 Å². The van der Waals surface area contributed by atoms with Crippen LogP contribution in [-0.2, 0) is 0 Å². The average molecular weight is 346 g/mol. The zero-order valence-electron chi connectivity index (χ0n) is 11.5. The van der Waals surface area contributed by atoms with E-state index in [1.807, 2.05) is 36.4 Å². The van der Waals surface area contributed by atoms with Crippen LogP contribution < -0.4 is 0 Å². The van der Waals surface area contributed by atoms with E-state index in [2.05, 4.69) is 19.2 Å². The molecule has 5 nitrogen and oxygen atoms in total. The number of fused-ring (bicyclic) bond motifs is 2. The first-order chi connectivity index (χ1) is 10.8. The summed E-state index contributed by atoms with van der Waals surface area (Å²) >= 11 is 3.90. The van der Waals surface area contributed by atoms with Crippen LogP contribution in [0.1, 0.15) is 10.4 Å². The summed E-state index contributed by atoms with van der Waals surface area (Å²) < 4.78 is 9.63. The fourth-order valence-electron chi connectivity index (χ4n) is 1.80. The van der Waals surface area contributed by atoms with Crippen LogP contribution in [0, 0.1) is 0 Å². The first-order valence-electron chi connectivity index (χ1n) is 6.26. The maximum atomic E-state index is 11.4. The zero-order chi connectivity index (χ0) is 15.4. The molecule has 4 aromatic rings. The fourth-order valence-corrected chi connectivity index (χ4v) is 3.49. The molecule has 22 heavy (non-hydrogen) atoms. The van der Waals surface area contributed by atoms with Gasteiger partial charge in [-0.15, -0.1) is 10.2 Å². The Labute approximate surface area is 138 Å². The van der Waals surface area contributed by atoms with Gasteiger partial charge in [0, 0.05) is 5.56 Å². The Bertz CT molecular complexity index is 888. The summed E-state index contributed by atoms with van der Waals surface area (Å²) in [4.78, 5) is 11.4. The van der Waals surface area contributed by atoms with Gasteiger partial charge in [0.2, 0.25) is 5.12 Å². The molecule has 0 aliphatic heterocycles. The van der Waals surface area contributed by atoms with Gasteiger partial charge in [-0.25, -0.2) is 0 Å². The van der Waals surface area contributed by atoms with Gasteiger partial charge in [0.1, 0.15) is 11.0 Å². The van der Waals surface area contributed by atoms with Crippen LogP contribution in [-0.4, -0.2) is 30.5 Å². The SMILES string of the molecule is CSC(=O)c1cccc2nnsc12.c1ccc2snnc2c1. The number of carbonyl (C=O) groups is 1. The molecule has 2 heterocycles. The summed E-state index contributed by atoms with van der Waals surface area (Å²) in [7, 11) is 0. The highest BCUT2D eigenvalue weighted by Gasteiger charge is 2.10. The molecular formula is C14H10N4OS3. The fraction of sp³-hybridized carbons (Fsp3) is 0.0714. The van der Waals surface area contributed by atoms with Crippen LogP contribution in [0.4, 0.5) is 0 Å². The number of benzene rings is 2. The van der Waals surface area contributed by atoms with Crippen molar-refractivity contribution < 1.29 is 4.79 Å². The van der Waals surface area contributed by atoms with Crippen molar-refractivity contribution in [2.75, 3.05) is 6.26 Å². The Morgan fingerprint density at radius 2 is 1.68 bits per heavy atom. The largest absolute Gasteiger partial charge is 0.282 e. The highest BCUT2D eigenvalue weighted by atomic mass is 32.2. The topological polar surface area (TPSA) is 68.6 Å². The molecule has 0 saturated heterocycles. The number of nitrogens with zero attached hydrogens (tertiary/aromatic N) is 4. The van der Waals surface area contributed by atoms with E-state index in [-0.39, 0.29) is 5.12 Å². The van der Waals surface area contributed by atoms with E-state index in [4.69, 9.17) is 0 Å². The van der Waals surface area contributed by atoms with Crippen LogP contribution in [0.3, 0.4) is 0 Å². The number of hydrogen-bond acceptors (Lipinski definition) is 8. The van der Waals surface area contributed by atoms with Crippen molar-refractivity contribution >= 4 is 60.4 Å². The number of rotatable bonds is 1. The maximum Gasteiger partial charge on any atom is 0.220 e. The molecule has 0 atom stereocenters. The molecule has 0 aliphatic carbocycles. The van der Waals surface area contributed by atoms with E-state index in [0.29, 0.717) is 5.56 Å². The van der Waals surface area contributed by atoms with Crippen molar-refractivity contribution in [2.45, 2.75) is 0 Å². The van der Waals surface area contributed by atoms with Gasteiger partial charge in [-0.2, -0.15) is 0 Å². The third-order valence-corrected chi connectivity index (χ3v) is 4.90. The molecule has 0 fully saturated rings. The summed E-state index contributed by atoms with van der Waals surface area (Å²) in [6, 6.07) is 13.4. The zero-order valence-corrected chi connectivity index (χ0v) is 13.9. The molecule has 0 bridgehead atoms. The first kappa shape index (κ1) is 15.0. The third kappa shape index (κ3) is 3.13. The minimum atomic E-state index is 0.0663. The number of carbonyl (C=O) groups excluding carboxylic acids is 1. The molecular weight excluding hydrogens is 336 g/mol. The maximum absolute atomic E-state index is 11.4. The van der Waals surface area contributed by atoms with Crippen molar-refractivity contribution in [3.8, 4) is 0 Å². The van der Waals surface area contributed by atoms with Crippen molar-refractivity contribution in [1.29, 1.82) is 0 Å².